The number of benzene rings is 1. The van der Waals surface area contributed by atoms with Gasteiger partial charge in [0.15, 0.2) is 0 Å². The predicted octanol–water partition coefficient (Wildman–Crippen LogP) is 5.73. The molecule has 0 radical (unpaired) electrons. The number of nitrogens with zero attached hydrogens (tertiary/aromatic N) is 2. The van der Waals surface area contributed by atoms with Gasteiger partial charge in [-0.3, -0.25) is 9.97 Å². The number of para-hydroxylation sites is 2. The monoisotopic (exact) mass is 250 g/mol. The maximum atomic E-state index is 4.12. The Bertz CT molecular complexity index is 280. The average Bonchev–Trinajstić information content (AvgIpc) is 2.55. The van der Waals surface area contributed by atoms with Gasteiger partial charge >= 0.3 is 0 Å². The zero-order valence-electron chi connectivity index (χ0n) is 13.4. The van der Waals surface area contributed by atoms with Crippen LogP contribution in [0.1, 0.15) is 55.4 Å². The maximum absolute atomic E-state index is 4.12. The Morgan fingerprint density at radius 3 is 1.11 bits per heavy atom. The van der Waals surface area contributed by atoms with Gasteiger partial charge < -0.3 is 0 Å². The van der Waals surface area contributed by atoms with E-state index < -0.39 is 0 Å². The number of hydrogen-bond donors (Lipinski definition) is 0. The molecule has 0 saturated carbocycles. The fourth-order valence-electron chi connectivity index (χ4n) is 0.910. The molecular weight excluding hydrogens is 220 g/mol. The summed E-state index contributed by atoms with van der Waals surface area (Å²) in [4.78, 5) is 8.24. The van der Waals surface area contributed by atoms with Crippen molar-refractivity contribution >= 4 is 11.0 Å². The Balaban J connectivity index is -0.000000244. The van der Waals surface area contributed by atoms with E-state index in [2.05, 4.69) is 9.97 Å². The van der Waals surface area contributed by atoms with Gasteiger partial charge in [-0.25, -0.2) is 0 Å². The van der Waals surface area contributed by atoms with Crippen LogP contribution in [0.4, 0.5) is 0 Å². The number of hydrogen-bond acceptors (Lipinski definition) is 2. The van der Waals surface area contributed by atoms with Crippen LogP contribution in [0, 0.1) is 0 Å². The van der Waals surface area contributed by atoms with Gasteiger partial charge in [0, 0.05) is 12.4 Å². The van der Waals surface area contributed by atoms with Crippen LogP contribution in [0.5, 0.6) is 0 Å². The van der Waals surface area contributed by atoms with E-state index in [0.717, 1.165) is 11.0 Å². The molecule has 2 nitrogen and oxygen atoms in total. The molecule has 0 bridgehead atoms. The van der Waals surface area contributed by atoms with Crippen molar-refractivity contribution in [1.29, 1.82) is 0 Å². The Kier molecular flexibility index (Phi) is 25.3. The molecule has 2 heteroatoms. The molecule has 0 saturated heterocycles. The lowest BCUT2D eigenvalue weighted by atomic mass is 10.3. The third kappa shape index (κ3) is 9.76. The first-order valence-electron chi connectivity index (χ1n) is 7.12. The van der Waals surface area contributed by atoms with Crippen molar-refractivity contribution < 1.29 is 0 Å². The van der Waals surface area contributed by atoms with Crippen molar-refractivity contribution in [2.75, 3.05) is 0 Å². The molecule has 0 fully saturated rings. The van der Waals surface area contributed by atoms with Crippen molar-refractivity contribution in [3.05, 3.63) is 36.7 Å². The van der Waals surface area contributed by atoms with Crippen molar-refractivity contribution in [1.82, 2.24) is 9.97 Å². The third-order valence-corrected chi connectivity index (χ3v) is 1.38. The summed E-state index contributed by atoms with van der Waals surface area (Å²) in [6.45, 7) is 16.0. The van der Waals surface area contributed by atoms with E-state index in [1.54, 1.807) is 12.4 Å². The molecule has 0 atom stereocenters. The highest BCUT2D eigenvalue weighted by atomic mass is 14.8. The molecule has 104 valence electrons. The summed E-state index contributed by atoms with van der Waals surface area (Å²) in [6, 6.07) is 7.80. The van der Waals surface area contributed by atoms with E-state index in [9.17, 15) is 0 Å². The minimum Gasteiger partial charge on any atom is -0.253 e. The summed E-state index contributed by atoms with van der Waals surface area (Å²) in [5.74, 6) is 0. The van der Waals surface area contributed by atoms with E-state index >= 15 is 0 Å². The Labute approximate surface area is 113 Å². The second kappa shape index (κ2) is 20.9. The highest BCUT2D eigenvalue weighted by Gasteiger charge is 1.88. The van der Waals surface area contributed by atoms with Gasteiger partial charge in [-0.1, -0.05) is 67.5 Å². The maximum Gasteiger partial charge on any atom is 0.0886 e. The summed E-state index contributed by atoms with van der Waals surface area (Å²) in [6.07, 6.45) is 3.39. The van der Waals surface area contributed by atoms with Gasteiger partial charge in [0.05, 0.1) is 11.0 Å². The van der Waals surface area contributed by atoms with Crippen LogP contribution in [0.25, 0.3) is 11.0 Å². The van der Waals surface area contributed by atoms with Gasteiger partial charge in [0.1, 0.15) is 0 Å². The molecule has 2 rings (SSSR count). The molecule has 0 aliphatic rings. The second-order valence-electron chi connectivity index (χ2n) is 2.05. The lowest BCUT2D eigenvalue weighted by molar-refractivity contribution is 1.29. The summed E-state index contributed by atoms with van der Waals surface area (Å²) in [5, 5.41) is 0. The number of aromatic nitrogens is 2. The van der Waals surface area contributed by atoms with Crippen molar-refractivity contribution in [2.24, 2.45) is 0 Å². The SMILES string of the molecule is CC.CC.CC.CC.c1ccc2nccnc2c1. The minimum atomic E-state index is 0.949. The van der Waals surface area contributed by atoms with Crippen LogP contribution >= 0.6 is 0 Å². The fourth-order valence-corrected chi connectivity index (χ4v) is 0.910. The Hall–Kier alpha value is -1.44. The van der Waals surface area contributed by atoms with Crippen molar-refractivity contribution in [3.8, 4) is 0 Å². The average molecular weight is 250 g/mol. The topological polar surface area (TPSA) is 25.8 Å². The zero-order chi connectivity index (χ0) is 14.8. The van der Waals surface area contributed by atoms with Gasteiger partial charge in [-0.2, -0.15) is 0 Å². The number of fused-ring (bicyclic) bond motifs is 1. The van der Waals surface area contributed by atoms with Crippen LogP contribution in [0.15, 0.2) is 36.7 Å². The van der Waals surface area contributed by atoms with Crippen molar-refractivity contribution in [3.63, 3.8) is 0 Å². The normalized spacial score (nSPS) is 6.89. The molecule has 0 unspecified atom stereocenters. The van der Waals surface area contributed by atoms with Gasteiger partial charge in [0.2, 0.25) is 0 Å². The van der Waals surface area contributed by atoms with E-state index in [0.29, 0.717) is 0 Å². The predicted molar refractivity (Wildman–Crippen MR) is 84.9 cm³/mol. The Morgan fingerprint density at radius 2 is 0.833 bits per heavy atom. The molecule has 1 aromatic heterocycles. The van der Waals surface area contributed by atoms with Gasteiger partial charge in [-0.15, -0.1) is 0 Å². The summed E-state index contributed by atoms with van der Waals surface area (Å²) < 4.78 is 0. The molecule has 0 aliphatic carbocycles. The standard InChI is InChI=1S/C8H6N2.4C2H6/c1-2-4-8-7(3-1)9-5-6-10-8;4*1-2/h1-6H;4*1-2H3. The van der Waals surface area contributed by atoms with E-state index in [-0.39, 0.29) is 0 Å². The molecule has 1 heterocycles. The highest BCUT2D eigenvalue weighted by Crippen LogP contribution is 2.04. The second-order valence-corrected chi connectivity index (χ2v) is 2.05. The van der Waals surface area contributed by atoms with Crippen LogP contribution in [0.2, 0.25) is 0 Å². The molecule has 0 aliphatic heterocycles. The summed E-state index contributed by atoms with van der Waals surface area (Å²) in [7, 11) is 0. The fraction of sp³-hybridized carbons (Fsp3) is 0.500. The highest BCUT2D eigenvalue weighted by molar-refractivity contribution is 5.72. The lowest BCUT2D eigenvalue weighted by Crippen LogP contribution is -1.78. The van der Waals surface area contributed by atoms with Crippen LogP contribution in [-0.4, -0.2) is 9.97 Å². The van der Waals surface area contributed by atoms with E-state index in [4.69, 9.17) is 0 Å². The van der Waals surface area contributed by atoms with Gasteiger partial charge in [0.25, 0.3) is 0 Å². The molecule has 18 heavy (non-hydrogen) atoms. The van der Waals surface area contributed by atoms with Gasteiger partial charge in [-0.05, 0) is 12.1 Å². The quantitative estimate of drug-likeness (QED) is 0.596. The zero-order valence-corrected chi connectivity index (χ0v) is 13.4. The van der Waals surface area contributed by atoms with Crippen molar-refractivity contribution in [2.45, 2.75) is 55.4 Å². The first-order chi connectivity index (χ1) is 8.97. The van der Waals surface area contributed by atoms with Crippen LogP contribution < -0.4 is 0 Å². The molecule has 2 aromatic rings. The van der Waals surface area contributed by atoms with E-state index in [1.165, 1.54) is 0 Å². The lowest BCUT2D eigenvalue weighted by Gasteiger charge is -1.90. The van der Waals surface area contributed by atoms with Crippen LogP contribution in [0.3, 0.4) is 0 Å². The molecule has 0 spiro atoms. The molecular formula is C16H30N2. The minimum absolute atomic E-state index is 0.949. The number of rotatable bonds is 0. The largest absolute Gasteiger partial charge is 0.253 e. The molecule has 1 aromatic carbocycles. The van der Waals surface area contributed by atoms with E-state index in [1.807, 2.05) is 79.7 Å². The summed E-state index contributed by atoms with van der Waals surface area (Å²) >= 11 is 0. The summed E-state index contributed by atoms with van der Waals surface area (Å²) in [5.41, 5.74) is 1.90. The first kappa shape index (κ1) is 21.8. The first-order valence-corrected chi connectivity index (χ1v) is 7.12. The smallest absolute Gasteiger partial charge is 0.0886 e. The molecule has 0 N–H and O–H groups in total. The molecule has 0 amide bonds. The Morgan fingerprint density at radius 1 is 0.556 bits per heavy atom. The van der Waals surface area contributed by atoms with Crippen LogP contribution in [-0.2, 0) is 0 Å². The third-order valence-electron chi connectivity index (χ3n) is 1.38.